The second-order valence-electron chi connectivity index (χ2n) is 8.65. The van der Waals surface area contributed by atoms with E-state index in [-0.39, 0.29) is 29.5 Å². The molecule has 3 aliphatic rings. The van der Waals surface area contributed by atoms with Crippen LogP contribution in [-0.2, 0) is 4.74 Å². The van der Waals surface area contributed by atoms with Gasteiger partial charge in [-0.1, -0.05) is 26.2 Å². The fraction of sp³-hybridized carbons (Fsp3) is 0.952. The minimum Gasteiger partial charge on any atom is -0.379 e. The standard InChI is InChI=1S/C21H41N5O.HI/c1-3-10-25-11-7-19(17-25)16-23-20(22-2)24-18-21(8-5-4-6-9-21)26-12-14-27-15-13-26;/h19H,3-18H2,1-2H3,(H2,22,23,24);1H. The molecule has 1 aliphatic carbocycles. The molecule has 164 valence electrons. The lowest BCUT2D eigenvalue weighted by molar-refractivity contribution is -0.0352. The third kappa shape index (κ3) is 6.71. The molecule has 0 spiro atoms. The average Bonchev–Trinajstić information content (AvgIpc) is 3.17. The summed E-state index contributed by atoms with van der Waals surface area (Å²) in [5, 5.41) is 7.28. The molecule has 0 aromatic heterocycles. The summed E-state index contributed by atoms with van der Waals surface area (Å²) >= 11 is 0. The molecule has 0 amide bonds. The molecule has 1 saturated carbocycles. The van der Waals surface area contributed by atoms with Crippen molar-refractivity contribution < 1.29 is 4.74 Å². The number of likely N-dealkylation sites (tertiary alicyclic amines) is 1. The van der Waals surface area contributed by atoms with Crippen LogP contribution >= 0.6 is 24.0 Å². The summed E-state index contributed by atoms with van der Waals surface area (Å²) in [4.78, 5) is 9.79. The van der Waals surface area contributed by atoms with E-state index in [2.05, 4.69) is 32.3 Å². The van der Waals surface area contributed by atoms with Gasteiger partial charge in [-0.25, -0.2) is 0 Å². The molecule has 0 aromatic carbocycles. The Morgan fingerprint density at radius 2 is 1.86 bits per heavy atom. The highest BCUT2D eigenvalue weighted by molar-refractivity contribution is 14.0. The Kier molecular flexibility index (Phi) is 10.8. The Balaban J connectivity index is 0.00000280. The Labute approximate surface area is 189 Å². The molecule has 1 unspecified atom stereocenters. The van der Waals surface area contributed by atoms with Crippen LogP contribution < -0.4 is 10.6 Å². The van der Waals surface area contributed by atoms with Crippen molar-refractivity contribution in [2.75, 3.05) is 66.1 Å². The Morgan fingerprint density at radius 3 is 2.54 bits per heavy atom. The molecule has 2 aliphatic heterocycles. The molecule has 3 fully saturated rings. The first-order valence-corrected chi connectivity index (χ1v) is 11.3. The van der Waals surface area contributed by atoms with Crippen LogP contribution in [0.15, 0.2) is 4.99 Å². The van der Waals surface area contributed by atoms with Gasteiger partial charge in [0.05, 0.1) is 13.2 Å². The van der Waals surface area contributed by atoms with Gasteiger partial charge in [0.25, 0.3) is 0 Å². The molecule has 0 aromatic rings. The summed E-state index contributed by atoms with van der Waals surface area (Å²) in [7, 11) is 1.90. The Hall–Kier alpha value is -0.120. The number of guanidine groups is 1. The lowest BCUT2D eigenvalue weighted by Gasteiger charge is -2.48. The van der Waals surface area contributed by atoms with Gasteiger partial charge in [-0.15, -0.1) is 24.0 Å². The molecule has 2 saturated heterocycles. The molecule has 2 N–H and O–H groups in total. The second kappa shape index (κ2) is 12.5. The van der Waals surface area contributed by atoms with E-state index in [0.29, 0.717) is 0 Å². The third-order valence-electron chi connectivity index (χ3n) is 6.74. The van der Waals surface area contributed by atoms with E-state index in [0.717, 1.165) is 51.3 Å². The van der Waals surface area contributed by atoms with Crippen molar-refractivity contribution in [1.29, 1.82) is 0 Å². The number of hydrogen-bond acceptors (Lipinski definition) is 4. The summed E-state index contributed by atoms with van der Waals surface area (Å²) in [6.07, 6.45) is 9.24. The van der Waals surface area contributed by atoms with E-state index >= 15 is 0 Å². The van der Waals surface area contributed by atoms with E-state index < -0.39 is 0 Å². The lowest BCUT2D eigenvalue weighted by atomic mass is 9.80. The van der Waals surface area contributed by atoms with Gasteiger partial charge in [0.2, 0.25) is 0 Å². The van der Waals surface area contributed by atoms with Crippen LogP contribution in [0.3, 0.4) is 0 Å². The van der Waals surface area contributed by atoms with Gasteiger partial charge >= 0.3 is 0 Å². The lowest BCUT2D eigenvalue weighted by Crippen LogP contribution is -2.60. The van der Waals surface area contributed by atoms with Crippen molar-refractivity contribution in [1.82, 2.24) is 20.4 Å². The van der Waals surface area contributed by atoms with Crippen LogP contribution in [0.25, 0.3) is 0 Å². The zero-order chi connectivity index (χ0) is 19.0. The van der Waals surface area contributed by atoms with E-state index in [1.807, 2.05) is 7.05 Å². The van der Waals surface area contributed by atoms with Crippen molar-refractivity contribution in [3.63, 3.8) is 0 Å². The van der Waals surface area contributed by atoms with Gasteiger partial charge in [-0.2, -0.15) is 0 Å². The quantitative estimate of drug-likeness (QED) is 0.315. The van der Waals surface area contributed by atoms with Gasteiger partial charge < -0.3 is 20.3 Å². The predicted octanol–water partition coefficient (Wildman–Crippen LogP) is 2.54. The molecule has 1 atom stereocenters. The minimum absolute atomic E-state index is 0. The first-order chi connectivity index (χ1) is 13.3. The summed E-state index contributed by atoms with van der Waals surface area (Å²) in [5.41, 5.74) is 0.283. The number of halogens is 1. The van der Waals surface area contributed by atoms with Crippen LogP contribution in [0.1, 0.15) is 51.9 Å². The van der Waals surface area contributed by atoms with E-state index in [1.54, 1.807) is 0 Å². The predicted molar refractivity (Wildman–Crippen MR) is 128 cm³/mol. The van der Waals surface area contributed by atoms with Gasteiger partial charge in [-0.05, 0) is 44.7 Å². The third-order valence-corrected chi connectivity index (χ3v) is 6.74. The number of ether oxygens (including phenoxy) is 1. The summed E-state index contributed by atoms with van der Waals surface area (Å²) in [6.45, 7) is 11.9. The number of aliphatic imine (C=N–C) groups is 1. The van der Waals surface area contributed by atoms with Crippen molar-refractivity contribution in [3.05, 3.63) is 0 Å². The Morgan fingerprint density at radius 1 is 1.11 bits per heavy atom. The van der Waals surface area contributed by atoms with Crippen molar-refractivity contribution in [2.45, 2.75) is 57.4 Å². The average molecular weight is 508 g/mol. The molecular formula is C21H42IN5O. The molecule has 6 nitrogen and oxygen atoms in total. The Bertz CT molecular complexity index is 464. The number of morpholine rings is 1. The largest absolute Gasteiger partial charge is 0.379 e. The van der Waals surface area contributed by atoms with Crippen molar-refractivity contribution >= 4 is 29.9 Å². The highest BCUT2D eigenvalue weighted by Gasteiger charge is 2.38. The SMILES string of the molecule is CCCN1CCC(CNC(=NC)NCC2(N3CCOCC3)CCCCC2)C1.I. The number of hydrogen-bond donors (Lipinski definition) is 2. The van der Waals surface area contributed by atoms with Gasteiger partial charge in [-0.3, -0.25) is 9.89 Å². The molecule has 2 heterocycles. The maximum absolute atomic E-state index is 5.60. The molecule has 0 radical (unpaired) electrons. The highest BCUT2D eigenvalue weighted by Crippen LogP contribution is 2.33. The normalized spacial score (nSPS) is 26.6. The van der Waals surface area contributed by atoms with Crippen molar-refractivity contribution in [2.24, 2.45) is 10.9 Å². The summed E-state index contributed by atoms with van der Waals surface area (Å²) in [5.74, 6) is 1.72. The summed E-state index contributed by atoms with van der Waals surface area (Å²) < 4.78 is 5.60. The number of nitrogens with one attached hydrogen (secondary N) is 2. The van der Waals surface area contributed by atoms with Crippen LogP contribution in [0, 0.1) is 5.92 Å². The van der Waals surface area contributed by atoms with Crippen LogP contribution in [0.4, 0.5) is 0 Å². The topological polar surface area (TPSA) is 52.1 Å². The van der Waals surface area contributed by atoms with E-state index in [4.69, 9.17) is 4.74 Å². The maximum Gasteiger partial charge on any atom is 0.191 e. The fourth-order valence-electron chi connectivity index (χ4n) is 5.16. The highest BCUT2D eigenvalue weighted by atomic mass is 127. The smallest absolute Gasteiger partial charge is 0.191 e. The molecule has 0 bridgehead atoms. The van der Waals surface area contributed by atoms with Crippen LogP contribution in [0.2, 0.25) is 0 Å². The zero-order valence-corrected chi connectivity index (χ0v) is 20.4. The molecule has 3 rings (SSSR count). The van der Waals surface area contributed by atoms with Crippen LogP contribution in [-0.4, -0.2) is 87.4 Å². The van der Waals surface area contributed by atoms with Gasteiger partial charge in [0.15, 0.2) is 5.96 Å². The fourth-order valence-corrected chi connectivity index (χ4v) is 5.16. The zero-order valence-electron chi connectivity index (χ0n) is 18.0. The first kappa shape index (κ1) is 24.2. The minimum atomic E-state index is 0. The molecule has 28 heavy (non-hydrogen) atoms. The monoisotopic (exact) mass is 507 g/mol. The maximum atomic E-state index is 5.60. The molecular weight excluding hydrogens is 465 g/mol. The van der Waals surface area contributed by atoms with Gasteiger partial charge in [0, 0.05) is 45.3 Å². The number of rotatable bonds is 7. The summed E-state index contributed by atoms with van der Waals surface area (Å²) in [6, 6.07) is 0. The van der Waals surface area contributed by atoms with E-state index in [1.165, 1.54) is 64.6 Å². The van der Waals surface area contributed by atoms with E-state index in [9.17, 15) is 0 Å². The van der Waals surface area contributed by atoms with Crippen molar-refractivity contribution in [3.8, 4) is 0 Å². The number of nitrogens with zero attached hydrogens (tertiary/aromatic N) is 3. The molecule has 7 heteroatoms. The van der Waals surface area contributed by atoms with Gasteiger partial charge in [0.1, 0.15) is 0 Å². The van der Waals surface area contributed by atoms with Crippen LogP contribution in [0.5, 0.6) is 0 Å². The first-order valence-electron chi connectivity index (χ1n) is 11.3. The second-order valence-corrected chi connectivity index (χ2v) is 8.65.